The van der Waals surface area contributed by atoms with E-state index in [4.69, 9.17) is 22.1 Å². The van der Waals surface area contributed by atoms with Crippen LogP contribution in [0.4, 0.5) is 0 Å². The van der Waals surface area contributed by atoms with Gasteiger partial charge in [0.2, 0.25) is 5.91 Å². The average Bonchev–Trinajstić information content (AvgIpc) is 2.59. The van der Waals surface area contributed by atoms with E-state index in [9.17, 15) is 14.4 Å². The molecule has 0 aliphatic rings. The Morgan fingerprint density at radius 2 is 1.84 bits per heavy atom. The first-order valence-corrected chi connectivity index (χ1v) is 7.64. The molecule has 0 radical (unpaired) electrons. The van der Waals surface area contributed by atoms with Crippen molar-refractivity contribution in [1.82, 2.24) is 5.32 Å². The van der Waals surface area contributed by atoms with Crippen molar-refractivity contribution >= 4 is 35.5 Å². The highest BCUT2D eigenvalue weighted by atomic mass is 35.5. The van der Waals surface area contributed by atoms with Crippen molar-refractivity contribution in [2.75, 3.05) is 6.54 Å². The van der Waals surface area contributed by atoms with Crippen molar-refractivity contribution in [2.45, 2.75) is 0 Å². The van der Waals surface area contributed by atoms with Gasteiger partial charge >= 0.3 is 5.97 Å². The van der Waals surface area contributed by atoms with Crippen LogP contribution in [0.3, 0.4) is 0 Å². The van der Waals surface area contributed by atoms with Crippen LogP contribution in [0.2, 0.25) is 5.02 Å². The largest absolute Gasteiger partial charge is 0.423 e. The minimum Gasteiger partial charge on any atom is -0.423 e. The van der Waals surface area contributed by atoms with Crippen molar-refractivity contribution in [3.05, 3.63) is 70.8 Å². The number of carbonyl (C=O) groups excluding carboxylic acids is 3. The molecule has 0 fully saturated rings. The Morgan fingerprint density at radius 3 is 2.52 bits per heavy atom. The van der Waals surface area contributed by atoms with Crippen molar-refractivity contribution in [2.24, 2.45) is 5.73 Å². The summed E-state index contributed by atoms with van der Waals surface area (Å²) in [5.74, 6) is -1.53. The monoisotopic (exact) mass is 358 g/mol. The Hall–Kier alpha value is -3.12. The number of hydrogen-bond acceptors (Lipinski definition) is 4. The molecule has 3 N–H and O–H groups in total. The van der Waals surface area contributed by atoms with E-state index < -0.39 is 17.8 Å². The third-order valence-corrected chi connectivity index (χ3v) is 3.27. The first-order valence-electron chi connectivity index (χ1n) is 7.26. The van der Waals surface area contributed by atoms with Crippen LogP contribution in [0.15, 0.2) is 54.6 Å². The second-order valence-electron chi connectivity index (χ2n) is 4.98. The fourth-order valence-electron chi connectivity index (χ4n) is 1.86. The molecule has 0 unspecified atom stereocenters. The lowest BCUT2D eigenvalue weighted by Gasteiger charge is -2.05. The van der Waals surface area contributed by atoms with E-state index in [0.29, 0.717) is 5.02 Å². The van der Waals surface area contributed by atoms with E-state index in [2.05, 4.69) is 5.32 Å². The Morgan fingerprint density at radius 1 is 1.12 bits per heavy atom. The lowest BCUT2D eigenvalue weighted by atomic mass is 10.2. The number of benzene rings is 2. The number of nitrogens with two attached hydrogens (primary N) is 1. The van der Waals surface area contributed by atoms with Gasteiger partial charge in [-0.25, -0.2) is 4.79 Å². The number of primary amides is 1. The molecule has 0 bridgehead atoms. The molecule has 0 saturated carbocycles. The molecular formula is C18H15ClN2O4. The summed E-state index contributed by atoms with van der Waals surface area (Å²) in [5.41, 5.74) is 6.00. The van der Waals surface area contributed by atoms with Gasteiger partial charge in [0.25, 0.3) is 5.91 Å². The zero-order chi connectivity index (χ0) is 18.2. The maximum atomic E-state index is 11.9. The third kappa shape index (κ3) is 6.12. The Balaban J connectivity index is 1.98. The van der Waals surface area contributed by atoms with Crippen molar-refractivity contribution in [1.29, 1.82) is 0 Å². The molecule has 2 aromatic rings. The number of esters is 1. The number of ether oxygens (including phenoxy) is 1. The molecular weight excluding hydrogens is 344 g/mol. The summed E-state index contributed by atoms with van der Waals surface area (Å²) >= 11 is 5.79. The lowest BCUT2D eigenvalue weighted by molar-refractivity contribution is -0.128. The fraction of sp³-hybridized carbons (Fsp3) is 0.0556. The normalized spacial score (nSPS) is 10.4. The fourth-order valence-corrected chi connectivity index (χ4v) is 1.98. The van der Waals surface area contributed by atoms with Crippen molar-refractivity contribution in [3.8, 4) is 5.75 Å². The molecule has 25 heavy (non-hydrogen) atoms. The molecule has 7 heteroatoms. The van der Waals surface area contributed by atoms with Crippen molar-refractivity contribution < 1.29 is 19.1 Å². The molecule has 6 nitrogen and oxygen atoms in total. The summed E-state index contributed by atoms with van der Waals surface area (Å²) < 4.78 is 5.15. The van der Waals surface area contributed by atoms with Gasteiger partial charge in [0.15, 0.2) is 0 Å². The predicted molar refractivity (Wildman–Crippen MR) is 94.1 cm³/mol. The van der Waals surface area contributed by atoms with E-state index >= 15 is 0 Å². The van der Waals surface area contributed by atoms with Crippen molar-refractivity contribution in [3.63, 3.8) is 0 Å². The summed E-state index contributed by atoms with van der Waals surface area (Å²) in [7, 11) is 0. The van der Waals surface area contributed by atoms with Gasteiger partial charge < -0.3 is 15.8 Å². The predicted octanol–water partition coefficient (Wildman–Crippen LogP) is 2.17. The molecule has 2 aromatic carbocycles. The van der Waals surface area contributed by atoms with Crippen LogP contribution in [0.25, 0.3) is 6.08 Å². The molecule has 2 rings (SSSR count). The highest BCUT2D eigenvalue weighted by Crippen LogP contribution is 2.14. The zero-order valence-electron chi connectivity index (χ0n) is 13.1. The van der Waals surface area contributed by atoms with E-state index in [0.717, 1.165) is 5.56 Å². The molecule has 2 amide bonds. The van der Waals surface area contributed by atoms with Crippen LogP contribution < -0.4 is 15.8 Å². The number of carbonyl (C=O) groups is 3. The standard InChI is InChI=1S/C18H15ClN2O4/c19-14-7-4-12(5-8-14)6-9-17(23)25-15-3-1-2-13(10-15)18(24)21-11-16(20)22/h1-10H,11H2,(H2,20,22)(H,21,24). The highest BCUT2D eigenvalue weighted by molar-refractivity contribution is 6.30. The van der Waals surface area contributed by atoms with E-state index in [1.807, 2.05) is 0 Å². The minimum atomic E-state index is -0.650. The van der Waals surface area contributed by atoms with Gasteiger partial charge in [0.05, 0.1) is 6.54 Å². The smallest absolute Gasteiger partial charge is 0.336 e. The summed E-state index contributed by atoms with van der Waals surface area (Å²) in [5, 5.41) is 2.95. The molecule has 0 aromatic heterocycles. The molecule has 0 saturated heterocycles. The summed E-state index contributed by atoms with van der Waals surface area (Å²) in [6, 6.07) is 13.0. The Kier molecular flexibility index (Phi) is 6.31. The molecule has 0 aliphatic carbocycles. The Labute approximate surface area is 149 Å². The summed E-state index contributed by atoms with van der Waals surface area (Å²) in [6.45, 7) is -0.271. The van der Waals surface area contributed by atoms with Crippen LogP contribution in [0, 0.1) is 0 Å². The van der Waals surface area contributed by atoms with E-state index in [-0.39, 0.29) is 17.9 Å². The number of nitrogens with one attached hydrogen (secondary N) is 1. The first kappa shape index (κ1) is 18.2. The number of hydrogen-bond donors (Lipinski definition) is 2. The van der Waals surface area contributed by atoms with Crippen LogP contribution in [0.5, 0.6) is 5.75 Å². The maximum absolute atomic E-state index is 11.9. The van der Waals surface area contributed by atoms with Gasteiger partial charge in [-0.15, -0.1) is 0 Å². The van der Waals surface area contributed by atoms with Crippen LogP contribution >= 0.6 is 11.6 Å². The molecule has 0 spiro atoms. The minimum absolute atomic E-state index is 0.206. The highest BCUT2D eigenvalue weighted by Gasteiger charge is 2.08. The van der Waals surface area contributed by atoms with Gasteiger partial charge in [0, 0.05) is 16.7 Å². The Bertz CT molecular complexity index is 816. The van der Waals surface area contributed by atoms with Gasteiger partial charge in [0.1, 0.15) is 5.75 Å². The lowest BCUT2D eigenvalue weighted by Crippen LogP contribution is -2.33. The van der Waals surface area contributed by atoms with Crippen LogP contribution in [-0.4, -0.2) is 24.3 Å². The van der Waals surface area contributed by atoms with Gasteiger partial charge in [-0.05, 0) is 42.0 Å². The summed E-state index contributed by atoms with van der Waals surface area (Å²) in [6.07, 6.45) is 2.85. The average molecular weight is 359 g/mol. The van der Waals surface area contributed by atoms with Gasteiger partial charge in [-0.1, -0.05) is 29.8 Å². The van der Waals surface area contributed by atoms with Gasteiger partial charge in [-0.3, -0.25) is 9.59 Å². The zero-order valence-corrected chi connectivity index (χ0v) is 13.8. The topological polar surface area (TPSA) is 98.5 Å². The van der Waals surface area contributed by atoms with Crippen LogP contribution in [0.1, 0.15) is 15.9 Å². The third-order valence-electron chi connectivity index (χ3n) is 3.02. The molecule has 128 valence electrons. The number of halogens is 1. The maximum Gasteiger partial charge on any atom is 0.336 e. The quantitative estimate of drug-likeness (QED) is 0.469. The SMILES string of the molecule is NC(=O)CNC(=O)c1cccc(OC(=O)C=Cc2ccc(Cl)cc2)c1. The molecule has 0 atom stereocenters. The number of rotatable bonds is 6. The molecule has 0 heterocycles. The second kappa shape index (κ2) is 8.65. The molecule has 0 aliphatic heterocycles. The second-order valence-corrected chi connectivity index (χ2v) is 5.42. The number of amides is 2. The van der Waals surface area contributed by atoms with Gasteiger partial charge in [-0.2, -0.15) is 0 Å². The van der Waals surface area contributed by atoms with Crippen LogP contribution in [-0.2, 0) is 9.59 Å². The van der Waals surface area contributed by atoms with E-state index in [1.165, 1.54) is 18.2 Å². The summed E-state index contributed by atoms with van der Waals surface area (Å²) in [4.78, 5) is 34.4. The van der Waals surface area contributed by atoms with E-state index in [1.54, 1.807) is 42.5 Å². The first-order chi connectivity index (χ1) is 11.9.